The molecule has 1 aromatic carbocycles. The summed E-state index contributed by atoms with van der Waals surface area (Å²) in [6.45, 7) is 0.435. The molecule has 96 valence electrons. The number of nitrogen functional groups attached to an aromatic ring is 1. The van der Waals surface area contributed by atoms with Crippen molar-refractivity contribution in [1.29, 1.82) is 0 Å². The van der Waals surface area contributed by atoms with Crippen molar-refractivity contribution < 1.29 is 9.18 Å². The second-order valence-electron chi connectivity index (χ2n) is 4.29. The molecule has 0 saturated carbocycles. The summed E-state index contributed by atoms with van der Waals surface area (Å²) in [5.74, 6) is -0.0444. The van der Waals surface area contributed by atoms with Gasteiger partial charge in [0.1, 0.15) is 5.82 Å². The van der Waals surface area contributed by atoms with Crippen LogP contribution in [0.2, 0.25) is 0 Å². The van der Waals surface area contributed by atoms with Crippen LogP contribution in [-0.4, -0.2) is 34.5 Å². The van der Waals surface area contributed by atoms with E-state index in [-0.39, 0.29) is 11.7 Å². The molecule has 5 nitrogen and oxygen atoms in total. The fourth-order valence-corrected chi connectivity index (χ4v) is 1.79. The van der Waals surface area contributed by atoms with E-state index in [1.165, 1.54) is 17.0 Å². The number of anilines is 1. The van der Waals surface area contributed by atoms with Crippen LogP contribution in [0.4, 0.5) is 10.3 Å². The molecular weight excluding hydrogens is 235 g/mol. The lowest BCUT2D eigenvalue weighted by atomic mass is 10.3. The van der Waals surface area contributed by atoms with Crippen LogP contribution >= 0.6 is 0 Å². The number of halogens is 1. The minimum Gasteiger partial charge on any atom is -0.369 e. The highest BCUT2D eigenvalue weighted by atomic mass is 19.1. The summed E-state index contributed by atoms with van der Waals surface area (Å²) in [7, 11) is 3.40. The van der Waals surface area contributed by atoms with Crippen molar-refractivity contribution in [1.82, 2.24) is 14.5 Å². The maximum Gasteiger partial charge on any atom is 0.223 e. The normalized spacial score (nSPS) is 10.8. The Balaban J connectivity index is 2.28. The SMILES string of the molecule is CN(C)C(=O)CCn1c(N)nc2cc(F)ccc21. The Bertz CT molecular complexity index is 591. The van der Waals surface area contributed by atoms with Crippen LogP contribution in [0.5, 0.6) is 0 Å². The van der Waals surface area contributed by atoms with Crippen molar-refractivity contribution in [3.05, 3.63) is 24.0 Å². The summed E-state index contributed by atoms with van der Waals surface area (Å²) in [6, 6.07) is 4.30. The molecule has 0 aliphatic heterocycles. The summed E-state index contributed by atoms with van der Waals surface area (Å²) in [5.41, 5.74) is 7.01. The first kappa shape index (κ1) is 12.3. The monoisotopic (exact) mass is 250 g/mol. The third-order valence-electron chi connectivity index (χ3n) is 2.79. The average molecular weight is 250 g/mol. The first-order chi connectivity index (χ1) is 8.49. The van der Waals surface area contributed by atoms with E-state index in [0.717, 1.165) is 5.52 Å². The van der Waals surface area contributed by atoms with Gasteiger partial charge < -0.3 is 15.2 Å². The van der Waals surface area contributed by atoms with E-state index in [0.29, 0.717) is 24.4 Å². The topological polar surface area (TPSA) is 64.2 Å². The van der Waals surface area contributed by atoms with Crippen LogP contribution in [-0.2, 0) is 11.3 Å². The number of nitrogens with two attached hydrogens (primary N) is 1. The van der Waals surface area contributed by atoms with E-state index in [1.54, 1.807) is 24.7 Å². The standard InChI is InChI=1S/C12H15FN4O/c1-16(2)11(18)5-6-17-10-4-3-8(13)7-9(10)15-12(17)14/h3-4,7H,5-6H2,1-2H3,(H2,14,15). The molecular formula is C12H15FN4O. The van der Waals surface area contributed by atoms with Gasteiger partial charge >= 0.3 is 0 Å². The van der Waals surface area contributed by atoms with Crippen molar-refractivity contribution in [3.8, 4) is 0 Å². The maximum absolute atomic E-state index is 13.0. The molecule has 0 aliphatic rings. The molecule has 2 N–H and O–H groups in total. The largest absolute Gasteiger partial charge is 0.369 e. The first-order valence-electron chi connectivity index (χ1n) is 5.60. The van der Waals surface area contributed by atoms with Gasteiger partial charge in [-0.3, -0.25) is 4.79 Å². The Morgan fingerprint density at radius 1 is 1.50 bits per heavy atom. The fourth-order valence-electron chi connectivity index (χ4n) is 1.79. The average Bonchev–Trinajstić information content (AvgIpc) is 2.60. The van der Waals surface area contributed by atoms with Crippen LogP contribution in [0.15, 0.2) is 18.2 Å². The highest BCUT2D eigenvalue weighted by Gasteiger charge is 2.11. The number of rotatable bonds is 3. The molecule has 0 spiro atoms. The van der Waals surface area contributed by atoms with Gasteiger partial charge in [-0.05, 0) is 12.1 Å². The summed E-state index contributed by atoms with van der Waals surface area (Å²) in [4.78, 5) is 17.1. The zero-order valence-electron chi connectivity index (χ0n) is 10.4. The van der Waals surface area contributed by atoms with Crippen LogP contribution in [0.1, 0.15) is 6.42 Å². The molecule has 0 bridgehead atoms. The Labute approximate surface area is 104 Å². The van der Waals surface area contributed by atoms with Gasteiger partial charge in [0.25, 0.3) is 0 Å². The van der Waals surface area contributed by atoms with E-state index < -0.39 is 0 Å². The minimum absolute atomic E-state index is 0.0124. The molecule has 1 heterocycles. The summed E-state index contributed by atoms with van der Waals surface area (Å²) in [6.07, 6.45) is 0.333. The van der Waals surface area contributed by atoms with Crippen molar-refractivity contribution in [2.75, 3.05) is 19.8 Å². The van der Waals surface area contributed by atoms with Gasteiger partial charge in [0, 0.05) is 33.1 Å². The molecule has 2 aromatic rings. The zero-order valence-corrected chi connectivity index (χ0v) is 10.4. The third-order valence-corrected chi connectivity index (χ3v) is 2.79. The van der Waals surface area contributed by atoms with E-state index in [2.05, 4.69) is 4.98 Å². The number of carbonyl (C=O) groups excluding carboxylic acids is 1. The Kier molecular flexibility index (Phi) is 3.18. The molecule has 0 aliphatic carbocycles. The highest BCUT2D eigenvalue weighted by Crippen LogP contribution is 2.19. The van der Waals surface area contributed by atoms with Crippen molar-refractivity contribution in [2.24, 2.45) is 0 Å². The molecule has 18 heavy (non-hydrogen) atoms. The molecule has 1 aromatic heterocycles. The van der Waals surface area contributed by atoms with E-state index in [1.807, 2.05) is 0 Å². The van der Waals surface area contributed by atoms with Gasteiger partial charge in [-0.1, -0.05) is 0 Å². The molecule has 2 rings (SSSR count). The van der Waals surface area contributed by atoms with E-state index >= 15 is 0 Å². The fraction of sp³-hybridized carbons (Fsp3) is 0.333. The first-order valence-corrected chi connectivity index (χ1v) is 5.60. The van der Waals surface area contributed by atoms with Crippen LogP contribution in [0.3, 0.4) is 0 Å². The number of benzene rings is 1. The number of imidazole rings is 1. The van der Waals surface area contributed by atoms with E-state index in [9.17, 15) is 9.18 Å². The van der Waals surface area contributed by atoms with Gasteiger partial charge in [0.2, 0.25) is 11.9 Å². The number of fused-ring (bicyclic) bond motifs is 1. The summed E-state index contributed by atoms with van der Waals surface area (Å²) >= 11 is 0. The number of aromatic nitrogens is 2. The van der Waals surface area contributed by atoms with Crippen molar-refractivity contribution in [3.63, 3.8) is 0 Å². The lowest BCUT2D eigenvalue weighted by Gasteiger charge is -2.11. The minimum atomic E-state index is -0.350. The molecule has 1 amide bonds. The summed E-state index contributed by atoms with van der Waals surface area (Å²) in [5, 5.41) is 0. The van der Waals surface area contributed by atoms with Crippen molar-refractivity contribution in [2.45, 2.75) is 13.0 Å². The second-order valence-corrected chi connectivity index (χ2v) is 4.29. The predicted molar refractivity (Wildman–Crippen MR) is 67.4 cm³/mol. The third kappa shape index (κ3) is 2.27. The lowest BCUT2D eigenvalue weighted by Crippen LogP contribution is -2.23. The van der Waals surface area contributed by atoms with Gasteiger partial charge in [0.05, 0.1) is 11.0 Å². The van der Waals surface area contributed by atoms with E-state index in [4.69, 9.17) is 5.73 Å². The number of hydrogen-bond donors (Lipinski definition) is 1. The second kappa shape index (κ2) is 4.64. The highest BCUT2D eigenvalue weighted by molar-refractivity contribution is 5.79. The lowest BCUT2D eigenvalue weighted by molar-refractivity contribution is -0.128. The molecule has 0 radical (unpaired) electrons. The Hall–Kier alpha value is -2.11. The zero-order chi connectivity index (χ0) is 13.3. The Morgan fingerprint density at radius 3 is 2.89 bits per heavy atom. The number of aryl methyl sites for hydroxylation is 1. The predicted octanol–water partition coefficient (Wildman–Crippen LogP) is 1.24. The maximum atomic E-state index is 13.0. The van der Waals surface area contributed by atoms with Gasteiger partial charge in [-0.15, -0.1) is 0 Å². The summed E-state index contributed by atoms with van der Waals surface area (Å²) < 4.78 is 14.8. The number of amides is 1. The molecule has 0 unspecified atom stereocenters. The molecule has 6 heteroatoms. The van der Waals surface area contributed by atoms with Crippen LogP contribution in [0.25, 0.3) is 11.0 Å². The van der Waals surface area contributed by atoms with Crippen LogP contribution in [0, 0.1) is 5.82 Å². The van der Waals surface area contributed by atoms with Crippen LogP contribution < -0.4 is 5.73 Å². The number of hydrogen-bond acceptors (Lipinski definition) is 3. The number of nitrogens with zero attached hydrogens (tertiary/aromatic N) is 3. The molecule has 0 saturated heterocycles. The van der Waals surface area contributed by atoms with Crippen molar-refractivity contribution >= 4 is 22.9 Å². The number of carbonyl (C=O) groups is 1. The van der Waals surface area contributed by atoms with Gasteiger partial charge in [0.15, 0.2) is 0 Å². The quantitative estimate of drug-likeness (QED) is 0.891. The van der Waals surface area contributed by atoms with Gasteiger partial charge in [-0.25, -0.2) is 9.37 Å². The van der Waals surface area contributed by atoms with Gasteiger partial charge in [-0.2, -0.15) is 0 Å². The smallest absolute Gasteiger partial charge is 0.223 e. The molecule has 0 atom stereocenters. The Morgan fingerprint density at radius 2 is 2.22 bits per heavy atom. The molecule has 0 fully saturated rings.